The number of hydrogen-bond donors (Lipinski definition) is 0. The molecule has 1 aromatic heterocycles. The van der Waals surface area contributed by atoms with Gasteiger partial charge in [0.15, 0.2) is 0 Å². The Morgan fingerprint density at radius 2 is 1.90 bits per heavy atom. The second-order valence-corrected chi connectivity index (χ2v) is 5.17. The molecule has 0 aliphatic carbocycles. The summed E-state index contributed by atoms with van der Waals surface area (Å²) in [5, 5.41) is 12.2. The highest BCUT2D eigenvalue weighted by atomic mass is 35.5. The van der Waals surface area contributed by atoms with Crippen LogP contribution in [-0.4, -0.2) is 9.91 Å². The second kappa shape index (κ2) is 5.14. The summed E-state index contributed by atoms with van der Waals surface area (Å²) >= 11 is 5.84. The molecule has 1 heterocycles. The monoisotopic (exact) mass is 298 g/mol. The third-order valence-electron chi connectivity index (χ3n) is 3.36. The molecule has 2 aromatic carbocycles. The van der Waals surface area contributed by atoms with Crippen molar-refractivity contribution in [1.82, 2.24) is 4.98 Å². The summed E-state index contributed by atoms with van der Waals surface area (Å²) in [6, 6.07) is 14.5. The summed E-state index contributed by atoms with van der Waals surface area (Å²) in [6.45, 7) is 2.00. The molecule has 3 aromatic rings. The van der Waals surface area contributed by atoms with Gasteiger partial charge in [-0.15, -0.1) is 0 Å². The van der Waals surface area contributed by atoms with Crippen LogP contribution in [0.2, 0.25) is 5.02 Å². The van der Waals surface area contributed by atoms with Crippen molar-refractivity contribution in [2.24, 2.45) is 0 Å². The van der Waals surface area contributed by atoms with E-state index in [1.54, 1.807) is 6.07 Å². The summed E-state index contributed by atoms with van der Waals surface area (Å²) in [5.41, 5.74) is 3.21. The fourth-order valence-corrected chi connectivity index (χ4v) is 2.50. The number of para-hydroxylation sites is 1. The van der Waals surface area contributed by atoms with E-state index in [-0.39, 0.29) is 10.7 Å². The molecule has 3 rings (SSSR count). The van der Waals surface area contributed by atoms with Gasteiger partial charge in [-0.05, 0) is 30.7 Å². The molecule has 0 saturated carbocycles. The van der Waals surface area contributed by atoms with E-state index in [0.717, 1.165) is 16.5 Å². The lowest BCUT2D eigenvalue weighted by atomic mass is 10.0. The fourth-order valence-electron chi connectivity index (χ4n) is 2.31. The molecule has 0 unspecified atom stereocenters. The predicted octanol–water partition coefficient (Wildman–Crippen LogP) is 4.77. The maximum Gasteiger partial charge on any atom is 0.288 e. The zero-order valence-corrected chi connectivity index (χ0v) is 12.0. The number of rotatable bonds is 2. The molecule has 0 radical (unpaired) electrons. The van der Waals surface area contributed by atoms with Crippen molar-refractivity contribution in [2.75, 3.05) is 0 Å². The number of halogens is 1. The predicted molar refractivity (Wildman–Crippen MR) is 83.6 cm³/mol. The Balaban J connectivity index is 2.21. The van der Waals surface area contributed by atoms with Crippen LogP contribution in [0.4, 0.5) is 5.69 Å². The standard InChI is InChI=1S/C16H11ClN2O2/c1-10-8-15(18-14-5-3-2-4-12(10)14)11-6-7-13(17)16(9-11)19(20)21/h2-9H,1H3. The number of nitro benzene ring substituents is 1. The van der Waals surface area contributed by atoms with Gasteiger partial charge in [0.1, 0.15) is 5.02 Å². The quantitative estimate of drug-likeness (QED) is 0.505. The smallest absolute Gasteiger partial charge is 0.258 e. The van der Waals surface area contributed by atoms with Gasteiger partial charge in [0.2, 0.25) is 0 Å². The highest BCUT2D eigenvalue weighted by Crippen LogP contribution is 2.31. The first-order chi connectivity index (χ1) is 10.1. The third kappa shape index (κ3) is 2.45. The van der Waals surface area contributed by atoms with Crippen LogP contribution in [0, 0.1) is 17.0 Å². The molecule has 21 heavy (non-hydrogen) atoms. The van der Waals surface area contributed by atoms with Gasteiger partial charge in [-0.1, -0.05) is 35.9 Å². The number of nitrogens with zero attached hydrogens (tertiary/aromatic N) is 2. The Kier molecular flexibility index (Phi) is 3.31. The lowest BCUT2D eigenvalue weighted by Crippen LogP contribution is -1.92. The maximum atomic E-state index is 11.0. The summed E-state index contributed by atoms with van der Waals surface area (Å²) in [4.78, 5) is 15.1. The number of nitro groups is 1. The van der Waals surface area contributed by atoms with Gasteiger partial charge in [-0.25, -0.2) is 4.98 Å². The molecule has 0 amide bonds. The molecule has 0 bridgehead atoms. The van der Waals surface area contributed by atoms with Crippen LogP contribution in [0.3, 0.4) is 0 Å². The molecule has 0 atom stereocenters. The number of fused-ring (bicyclic) bond motifs is 1. The van der Waals surface area contributed by atoms with Crippen LogP contribution in [-0.2, 0) is 0 Å². The zero-order chi connectivity index (χ0) is 15.0. The van der Waals surface area contributed by atoms with Crippen LogP contribution in [0.25, 0.3) is 22.2 Å². The Morgan fingerprint density at radius 3 is 2.67 bits per heavy atom. The Bertz CT molecular complexity index is 862. The summed E-state index contributed by atoms with van der Waals surface area (Å²) in [6.07, 6.45) is 0. The van der Waals surface area contributed by atoms with E-state index < -0.39 is 4.92 Å². The fraction of sp³-hybridized carbons (Fsp3) is 0.0625. The summed E-state index contributed by atoms with van der Waals surface area (Å²) in [7, 11) is 0. The van der Waals surface area contributed by atoms with Crippen LogP contribution in [0.1, 0.15) is 5.56 Å². The summed E-state index contributed by atoms with van der Waals surface area (Å²) in [5.74, 6) is 0. The minimum absolute atomic E-state index is 0.109. The number of hydrogen-bond acceptors (Lipinski definition) is 3. The van der Waals surface area contributed by atoms with Gasteiger partial charge in [0.05, 0.1) is 16.1 Å². The van der Waals surface area contributed by atoms with E-state index in [1.807, 2.05) is 37.3 Å². The molecule has 0 aliphatic rings. The van der Waals surface area contributed by atoms with E-state index >= 15 is 0 Å². The van der Waals surface area contributed by atoms with Crippen LogP contribution < -0.4 is 0 Å². The largest absolute Gasteiger partial charge is 0.288 e. The highest BCUT2D eigenvalue weighted by Gasteiger charge is 2.14. The summed E-state index contributed by atoms with van der Waals surface area (Å²) < 4.78 is 0. The van der Waals surface area contributed by atoms with Crippen molar-refractivity contribution in [3.8, 4) is 11.3 Å². The topological polar surface area (TPSA) is 56.0 Å². The van der Waals surface area contributed by atoms with Gasteiger partial charge in [0, 0.05) is 17.0 Å². The third-order valence-corrected chi connectivity index (χ3v) is 3.68. The average Bonchev–Trinajstić information content (AvgIpc) is 2.47. The first-order valence-corrected chi connectivity index (χ1v) is 6.75. The Morgan fingerprint density at radius 1 is 1.14 bits per heavy atom. The average molecular weight is 299 g/mol. The maximum absolute atomic E-state index is 11.0. The van der Waals surface area contributed by atoms with Gasteiger partial charge in [0.25, 0.3) is 5.69 Å². The van der Waals surface area contributed by atoms with Crippen LogP contribution in [0.15, 0.2) is 48.5 Å². The molecule has 0 spiro atoms. The number of aromatic nitrogens is 1. The first-order valence-electron chi connectivity index (χ1n) is 6.37. The molecular weight excluding hydrogens is 288 g/mol. The lowest BCUT2D eigenvalue weighted by molar-refractivity contribution is -0.384. The van der Waals surface area contributed by atoms with E-state index in [4.69, 9.17) is 11.6 Å². The highest BCUT2D eigenvalue weighted by molar-refractivity contribution is 6.32. The normalized spacial score (nSPS) is 10.8. The molecule has 0 aliphatic heterocycles. The molecule has 0 saturated heterocycles. The van der Waals surface area contributed by atoms with Crippen molar-refractivity contribution < 1.29 is 4.92 Å². The van der Waals surface area contributed by atoms with Crippen molar-refractivity contribution in [3.63, 3.8) is 0 Å². The van der Waals surface area contributed by atoms with Crippen molar-refractivity contribution >= 4 is 28.2 Å². The van der Waals surface area contributed by atoms with Gasteiger partial charge >= 0.3 is 0 Å². The van der Waals surface area contributed by atoms with E-state index in [0.29, 0.717) is 11.3 Å². The minimum Gasteiger partial charge on any atom is -0.258 e. The Labute approximate surface area is 126 Å². The molecule has 5 heteroatoms. The van der Waals surface area contributed by atoms with Crippen molar-refractivity contribution in [3.05, 3.63) is 69.2 Å². The van der Waals surface area contributed by atoms with Crippen molar-refractivity contribution in [1.29, 1.82) is 0 Å². The van der Waals surface area contributed by atoms with Gasteiger partial charge < -0.3 is 0 Å². The lowest BCUT2D eigenvalue weighted by Gasteiger charge is -2.07. The molecular formula is C16H11ClN2O2. The van der Waals surface area contributed by atoms with Crippen molar-refractivity contribution in [2.45, 2.75) is 6.92 Å². The zero-order valence-electron chi connectivity index (χ0n) is 11.2. The van der Waals surface area contributed by atoms with Gasteiger partial charge in [-0.3, -0.25) is 10.1 Å². The molecule has 104 valence electrons. The number of benzene rings is 2. The van der Waals surface area contributed by atoms with E-state index in [2.05, 4.69) is 4.98 Å². The second-order valence-electron chi connectivity index (χ2n) is 4.76. The molecule has 0 N–H and O–H groups in total. The first kappa shape index (κ1) is 13.5. The SMILES string of the molecule is Cc1cc(-c2ccc(Cl)c([N+](=O)[O-])c2)nc2ccccc12. The van der Waals surface area contributed by atoms with Gasteiger partial charge in [-0.2, -0.15) is 0 Å². The number of pyridine rings is 1. The minimum atomic E-state index is -0.486. The van der Waals surface area contributed by atoms with E-state index in [9.17, 15) is 10.1 Å². The van der Waals surface area contributed by atoms with Crippen LogP contribution >= 0.6 is 11.6 Å². The molecule has 4 nitrogen and oxygen atoms in total. The molecule has 0 fully saturated rings. The van der Waals surface area contributed by atoms with Crippen LogP contribution in [0.5, 0.6) is 0 Å². The Hall–Kier alpha value is -2.46. The van der Waals surface area contributed by atoms with E-state index in [1.165, 1.54) is 12.1 Å². The number of aryl methyl sites for hydroxylation is 1.